The smallest absolute Gasteiger partial charge is 0.193 e. The number of hydrogen-bond donors (Lipinski definition) is 1. The molecule has 1 saturated carbocycles. The summed E-state index contributed by atoms with van der Waals surface area (Å²) in [6.45, 7) is 7.19. The van der Waals surface area contributed by atoms with Gasteiger partial charge in [-0.15, -0.1) is 0 Å². The highest BCUT2D eigenvalue weighted by Crippen LogP contribution is 2.36. The van der Waals surface area contributed by atoms with Crippen molar-refractivity contribution in [2.75, 3.05) is 57.9 Å². The average molecular weight is 431 g/mol. The topological polar surface area (TPSA) is 40.1 Å². The molecular formula is C24H38N4OS. The molecule has 5 nitrogen and oxygen atoms in total. The molecule has 0 bridgehead atoms. The lowest BCUT2D eigenvalue weighted by atomic mass is 9.94. The van der Waals surface area contributed by atoms with Crippen LogP contribution in [0.2, 0.25) is 0 Å². The Labute approximate surface area is 186 Å². The average Bonchev–Trinajstić information content (AvgIpc) is 3.47. The summed E-state index contributed by atoms with van der Waals surface area (Å²) < 4.78 is 6.01. The van der Waals surface area contributed by atoms with Gasteiger partial charge in [-0.3, -0.25) is 9.89 Å². The van der Waals surface area contributed by atoms with Gasteiger partial charge >= 0.3 is 0 Å². The van der Waals surface area contributed by atoms with Crippen LogP contribution >= 0.6 is 11.8 Å². The summed E-state index contributed by atoms with van der Waals surface area (Å²) in [5.74, 6) is 4.24. The number of benzene rings is 1. The van der Waals surface area contributed by atoms with Crippen LogP contribution in [-0.4, -0.2) is 79.2 Å². The molecule has 3 fully saturated rings. The van der Waals surface area contributed by atoms with E-state index in [-0.39, 0.29) is 0 Å². The van der Waals surface area contributed by atoms with Gasteiger partial charge in [-0.25, -0.2) is 0 Å². The van der Waals surface area contributed by atoms with Crippen molar-refractivity contribution >= 4 is 17.7 Å². The fourth-order valence-corrected chi connectivity index (χ4v) is 6.23. The molecule has 1 aromatic carbocycles. The van der Waals surface area contributed by atoms with E-state index in [1.54, 1.807) is 0 Å². The normalized spacial score (nSPS) is 25.0. The minimum absolute atomic E-state index is 0.342. The number of rotatable bonds is 7. The van der Waals surface area contributed by atoms with E-state index in [9.17, 15) is 0 Å². The summed E-state index contributed by atoms with van der Waals surface area (Å²) in [5.41, 5.74) is 1.59. The van der Waals surface area contributed by atoms with Gasteiger partial charge in [0.15, 0.2) is 5.96 Å². The van der Waals surface area contributed by atoms with E-state index in [2.05, 4.69) is 62.2 Å². The second-order valence-electron chi connectivity index (χ2n) is 9.03. The number of nitrogens with one attached hydrogen (secondary N) is 1. The predicted molar refractivity (Wildman–Crippen MR) is 127 cm³/mol. The van der Waals surface area contributed by atoms with Crippen molar-refractivity contribution in [1.29, 1.82) is 0 Å². The van der Waals surface area contributed by atoms with Crippen molar-refractivity contribution in [1.82, 2.24) is 15.1 Å². The molecule has 4 rings (SSSR count). The number of aliphatic imine (C=N–C) groups is 1. The molecule has 1 unspecified atom stereocenters. The van der Waals surface area contributed by atoms with Crippen molar-refractivity contribution in [3.63, 3.8) is 0 Å². The lowest BCUT2D eigenvalue weighted by molar-refractivity contribution is 0.0904. The van der Waals surface area contributed by atoms with Gasteiger partial charge in [0.1, 0.15) is 0 Å². The molecule has 1 N–H and O–H groups in total. The van der Waals surface area contributed by atoms with Crippen LogP contribution in [0.1, 0.15) is 37.7 Å². The first-order valence-corrected chi connectivity index (χ1v) is 12.8. The Morgan fingerprint density at radius 1 is 1.17 bits per heavy atom. The molecule has 0 amide bonds. The quantitative estimate of drug-likeness (QED) is 0.530. The number of nitrogens with zero attached hydrogens (tertiary/aromatic N) is 3. The first-order chi connectivity index (χ1) is 14.8. The summed E-state index contributed by atoms with van der Waals surface area (Å²) in [5, 5.41) is 3.78. The van der Waals surface area contributed by atoms with Crippen LogP contribution in [0, 0.1) is 5.92 Å². The minimum Gasteiger partial charge on any atom is -0.376 e. The van der Waals surface area contributed by atoms with Gasteiger partial charge in [-0.05, 0) is 24.8 Å². The van der Waals surface area contributed by atoms with E-state index in [0.717, 1.165) is 32.2 Å². The zero-order valence-corrected chi connectivity index (χ0v) is 19.3. The van der Waals surface area contributed by atoms with Crippen molar-refractivity contribution in [2.24, 2.45) is 10.9 Å². The van der Waals surface area contributed by atoms with Crippen molar-refractivity contribution in [3.05, 3.63) is 35.9 Å². The molecule has 2 heterocycles. The van der Waals surface area contributed by atoms with E-state index >= 15 is 0 Å². The molecule has 2 aliphatic heterocycles. The van der Waals surface area contributed by atoms with Crippen LogP contribution in [0.4, 0.5) is 0 Å². The summed E-state index contributed by atoms with van der Waals surface area (Å²) in [4.78, 5) is 9.85. The third-order valence-electron chi connectivity index (χ3n) is 7.05. The van der Waals surface area contributed by atoms with Crippen molar-refractivity contribution in [2.45, 2.75) is 44.2 Å². The monoisotopic (exact) mass is 430 g/mol. The van der Waals surface area contributed by atoms with E-state index in [0.29, 0.717) is 18.1 Å². The van der Waals surface area contributed by atoms with E-state index < -0.39 is 0 Å². The highest BCUT2D eigenvalue weighted by Gasteiger charge is 2.40. The second-order valence-corrected chi connectivity index (χ2v) is 10.3. The number of hydrogen-bond acceptors (Lipinski definition) is 4. The summed E-state index contributed by atoms with van der Waals surface area (Å²) >= 11 is 2.10. The summed E-state index contributed by atoms with van der Waals surface area (Å²) in [7, 11) is 1.93. The molecule has 1 aromatic rings. The van der Waals surface area contributed by atoms with E-state index in [4.69, 9.17) is 4.74 Å². The molecule has 1 aliphatic carbocycles. The molecule has 0 radical (unpaired) electrons. The second kappa shape index (κ2) is 10.9. The molecular weight excluding hydrogens is 392 g/mol. The Hall–Kier alpha value is -1.24. The van der Waals surface area contributed by atoms with Gasteiger partial charge in [-0.1, -0.05) is 43.2 Å². The fourth-order valence-electron chi connectivity index (χ4n) is 5.33. The van der Waals surface area contributed by atoms with Crippen LogP contribution < -0.4 is 5.32 Å². The molecule has 2 saturated heterocycles. The van der Waals surface area contributed by atoms with Crippen LogP contribution in [0.3, 0.4) is 0 Å². The maximum Gasteiger partial charge on any atom is 0.193 e. The molecule has 0 aromatic heterocycles. The highest BCUT2D eigenvalue weighted by molar-refractivity contribution is 7.99. The molecule has 0 spiro atoms. The molecule has 166 valence electrons. The lowest BCUT2D eigenvalue weighted by Gasteiger charge is -2.44. The van der Waals surface area contributed by atoms with Gasteiger partial charge in [0, 0.05) is 62.7 Å². The third-order valence-corrected chi connectivity index (χ3v) is 8.00. The Balaban J connectivity index is 1.25. The zero-order valence-electron chi connectivity index (χ0n) is 18.5. The molecule has 3 aliphatic rings. The number of thioether (sulfide) groups is 1. The van der Waals surface area contributed by atoms with Crippen LogP contribution in [-0.2, 0) is 11.3 Å². The Morgan fingerprint density at radius 3 is 2.67 bits per heavy atom. The molecule has 30 heavy (non-hydrogen) atoms. The number of guanidine groups is 1. The Morgan fingerprint density at radius 2 is 1.93 bits per heavy atom. The maximum absolute atomic E-state index is 6.01. The van der Waals surface area contributed by atoms with Crippen LogP contribution in [0.25, 0.3) is 0 Å². The first-order valence-electron chi connectivity index (χ1n) is 11.7. The van der Waals surface area contributed by atoms with Gasteiger partial charge in [-0.2, -0.15) is 11.8 Å². The van der Waals surface area contributed by atoms with Crippen LogP contribution in [0.5, 0.6) is 0 Å². The van der Waals surface area contributed by atoms with Gasteiger partial charge in [0.05, 0.1) is 13.2 Å². The van der Waals surface area contributed by atoms with Crippen molar-refractivity contribution in [3.8, 4) is 0 Å². The predicted octanol–water partition coefficient (Wildman–Crippen LogP) is 3.46. The third kappa shape index (κ3) is 5.51. The lowest BCUT2D eigenvalue weighted by Crippen LogP contribution is -2.57. The summed E-state index contributed by atoms with van der Waals surface area (Å²) in [6, 6.07) is 10.5. The van der Waals surface area contributed by atoms with E-state index in [1.807, 2.05) is 7.05 Å². The highest BCUT2D eigenvalue weighted by atomic mass is 32.2. The molecule has 6 heteroatoms. The van der Waals surface area contributed by atoms with Crippen LogP contribution in [0.15, 0.2) is 35.3 Å². The Kier molecular flexibility index (Phi) is 7.96. The number of likely N-dealkylation sites (tertiary alicyclic amines) is 1. The Bertz CT molecular complexity index is 671. The molecule has 1 atom stereocenters. The van der Waals surface area contributed by atoms with Gasteiger partial charge < -0.3 is 15.0 Å². The SMILES string of the molecule is CN=C(NCC1(N2CCSCC2)CCCC1)N1CCC(COCc2ccccc2)C1. The van der Waals surface area contributed by atoms with E-state index in [1.165, 1.54) is 62.3 Å². The van der Waals surface area contributed by atoms with Gasteiger partial charge in [0.25, 0.3) is 0 Å². The minimum atomic E-state index is 0.342. The van der Waals surface area contributed by atoms with Crippen molar-refractivity contribution < 1.29 is 4.74 Å². The summed E-state index contributed by atoms with van der Waals surface area (Å²) in [6.07, 6.45) is 6.59. The standard InChI is InChI=1S/C24H38N4OS/c1-25-23(26-20-24(10-5-6-11-24)28-13-15-30-16-14-28)27-12-9-22(17-27)19-29-18-21-7-3-2-4-8-21/h2-4,7-8,22H,5-6,9-20H2,1H3,(H,25,26). The first kappa shape index (κ1) is 22.0. The fraction of sp³-hybridized carbons (Fsp3) is 0.708. The van der Waals surface area contributed by atoms with Gasteiger partial charge in [0.2, 0.25) is 0 Å². The largest absolute Gasteiger partial charge is 0.376 e. The number of ether oxygens (including phenoxy) is 1. The maximum atomic E-state index is 6.01. The zero-order chi connectivity index (χ0) is 20.7.